The predicted molar refractivity (Wildman–Crippen MR) is 56.9 cm³/mol. The number of aliphatic hydroxyl groups is 1. The summed E-state index contributed by atoms with van der Waals surface area (Å²) >= 11 is 0. The topological polar surface area (TPSA) is 35.5 Å². The lowest BCUT2D eigenvalue weighted by Crippen LogP contribution is -2.36. The molecule has 0 aromatic rings. The predicted octanol–water partition coefficient (Wildman–Crippen LogP) is 0.687. The molecule has 0 saturated carbocycles. The smallest absolute Gasteiger partial charge is 0.0662 e. The lowest BCUT2D eigenvalue weighted by atomic mass is 10.3. The Hall–Kier alpha value is -0.120. The summed E-state index contributed by atoms with van der Waals surface area (Å²) in [4.78, 5) is 2.28. The van der Waals surface area contributed by atoms with Crippen LogP contribution < -0.4 is 5.32 Å². The van der Waals surface area contributed by atoms with E-state index in [0.29, 0.717) is 12.6 Å². The lowest BCUT2D eigenvalue weighted by Gasteiger charge is -2.21. The third-order valence-electron chi connectivity index (χ3n) is 2.37. The molecule has 80 valence electrons. The van der Waals surface area contributed by atoms with Crippen LogP contribution in [0.15, 0.2) is 0 Å². The Balaban J connectivity index is 3.25. The zero-order valence-electron chi connectivity index (χ0n) is 9.38. The second kappa shape index (κ2) is 7.30. The van der Waals surface area contributed by atoms with Gasteiger partial charge in [-0.2, -0.15) is 0 Å². The van der Waals surface area contributed by atoms with Crippen molar-refractivity contribution in [2.45, 2.75) is 39.3 Å². The van der Waals surface area contributed by atoms with Gasteiger partial charge in [-0.3, -0.25) is 0 Å². The summed E-state index contributed by atoms with van der Waals surface area (Å²) < 4.78 is 0. The van der Waals surface area contributed by atoms with Crippen molar-refractivity contribution >= 4 is 0 Å². The zero-order valence-corrected chi connectivity index (χ0v) is 9.38. The molecule has 0 aliphatic rings. The maximum atomic E-state index is 9.26. The first-order chi connectivity index (χ1) is 6.07. The van der Waals surface area contributed by atoms with Gasteiger partial charge in [0.1, 0.15) is 0 Å². The second-order valence-electron chi connectivity index (χ2n) is 3.84. The third kappa shape index (κ3) is 6.99. The van der Waals surface area contributed by atoms with Crippen LogP contribution in [-0.4, -0.2) is 48.8 Å². The molecule has 3 heteroatoms. The van der Waals surface area contributed by atoms with Crippen molar-refractivity contribution in [2.24, 2.45) is 0 Å². The van der Waals surface area contributed by atoms with Gasteiger partial charge in [0.15, 0.2) is 0 Å². The van der Waals surface area contributed by atoms with Crippen molar-refractivity contribution in [2.75, 3.05) is 26.7 Å². The molecule has 13 heavy (non-hydrogen) atoms. The average molecular weight is 188 g/mol. The van der Waals surface area contributed by atoms with Gasteiger partial charge < -0.3 is 15.3 Å². The highest BCUT2D eigenvalue weighted by Gasteiger charge is 2.02. The summed E-state index contributed by atoms with van der Waals surface area (Å²) in [5, 5.41) is 12.5. The molecule has 0 aromatic heterocycles. The molecule has 0 aromatic carbocycles. The largest absolute Gasteiger partial charge is 0.392 e. The highest BCUT2D eigenvalue weighted by Crippen LogP contribution is 1.91. The van der Waals surface area contributed by atoms with Gasteiger partial charge in [0.05, 0.1) is 6.10 Å². The van der Waals surface area contributed by atoms with E-state index in [1.807, 2.05) is 6.92 Å². The summed E-state index contributed by atoms with van der Waals surface area (Å²) in [5.74, 6) is 0. The maximum absolute atomic E-state index is 9.26. The van der Waals surface area contributed by atoms with Gasteiger partial charge in [0.25, 0.3) is 0 Å². The third-order valence-corrected chi connectivity index (χ3v) is 2.37. The highest BCUT2D eigenvalue weighted by molar-refractivity contribution is 4.61. The molecular formula is C10H24N2O. The van der Waals surface area contributed by atoms with Crippen molar-refractivity contribution < 1.29 is 5.11 Å². The first-order valence-corrected chi connectivity index (χ1v) is 5.17. The van der Waals surface area contributed by atoms with E-state index < -0.39 is 0 Å². The van der Waals surface area contributed by atoms with Crippen molar-refractivity contribution in [3.8, 4) is 0 Å². The molecule has 1 unspecified atom stereocenters. The van der Waals surface area contributed by atoms with Gasteiger partial charge in [-0.1, -0.05) is 6.92 Å². The van der Waals surface area contributed by atoms with Crippen molar-refractivity contribution in [3.63, 3.8) is 0 Å². The lowest BCUT2D eigenvalue weighted by molar-refractivity contribution is 0.165. The molecule has 0 heterocycles. The van der Waals surface area contributed by atoms with Gasteiger partial charge in [-0.05, 0) is 27.3 Å². The van der Waals surface area contributed by atoms with Crippen LogP contribution in [0.25, 0.3) is 0 Å². The molecular weight excluding hydrogens is 164 g/mol. The van der Waals surface area contributed by atoms with Gasteiger partial charge in [0, 0.05) is 25.7 Å². The minimum absolute atomic E-state index is 0.190. The number of hydrogen-bond acceptors (Lipinski definition) is 3. The number of aliphatic hydroxyl groups excluding tert-OH is 1. The molecule has 0 spiro atoms. The van der Waals surface area contributed by atoms with Gasteiger partial charge in [0.2, 0.25) is 0 Å². The first-order valence-electron chi connectivity index (χ1n) is 5.17. The number of rotatable bonds is 7. The Morgan fingerprint density at radius 1 is 1.38 bits per heavy atom. The van der Waals surface area contributed by atoms with Crippen LogP contribution in [0.2, 0.25) is 0 Å². The molecule has 0 aliphatic carbocycles. The Labute approximate surface area is 82.1 Å². The Kier molecular flexibility index (Phi) is 7.23. The first kappa shape index (κ1) is 12.9. The van der Waals surface area contributed by atoms with Crippen molar-refractivity contribution in [3.05, 3.63) is 0 Å². The fraction of sp³-hybridized carbons (Fsp3) is 1.00. The summed E-state index contributed by atoms with van der Waals surface area (Å²) in [6.07, 6.45) is 0.636. The minimum atomic E-state index is -0.190. The van der Waals surface area contributed by atoms with Crippen molar-refractivity contribution in [1.29, 1.82) is 0 Å². The quantitative estimate of drug-likeness (QED) is 0.577. The van der Waals surface area contributed by atoms with Gasteiger partial charge in [-0.25, -0.2) is 0 Å². The molecule has 1 atom stereocenters. The standard InChI is InChI=1S/C10H24N2O/c1-5-10(13)8-11-6-7-12(4)9(2)3/h9-11,13H,5-8H2,1-4H3. The minimum Gasteiger partial charge on any atom is -0.392 e. The molecule has 0 aliphatic heterocycles. The zero-order chi connectivity index (χ0) is 10.3. The van der Waals surface area contributed by atoms with Crippen LogP contribution in [0.3, 0.4) is 0 Å². The molecule has 0 amide bonds. The fourth-order valence-electron chi connectivity index (χ4n) is 0.927. The molecule has 0 rings (SSSR count). The van der Waals surface area contributed by atoms with E-state index in [1.54, 1.807) is 0 Å². The van der Waals surface area contributed by atoms with Crippen LogP contribution >= 0.6 is 0 Å². The molecule has 3 nitrogen and oxygen atoms in total. The van der Waals surface area contributed by atoms with Crippen LogP contribution in [0, 0.1) is 0 Å². The highest BCUT2D eigenvalue weighted by atomic mass is 16.3. The van der Waals surface area contributed by atoms with E-state index in [2.05, 4.69) is 31.1 Å². The molecule has 0 radical (unpaired) electrons. The number of nitrogens with one attached hydrogen (secondary N) is 1. The summed E-state index contributed by atoms with van der Waals surface area (Å²) in [6.45, 7) is 9.05. The summed E-state index contributed by atoms with van der Waals surface area (Å²) in [7, 11) is 2.11. The number of likely N-dealkylation sites (N-methyl/N-ethyl adjacent to an activating group) is 1. The van der Waals surface area contributed by atoms with Gasteiger partial charge in [-0.15, -0.1) is 0 Å². The molecule has 0 fully saturated rings. The monoisotopic (exact) mass is 188 g/mol. The van der Waals surface area contributed by atoms with E-state index in [0.717, 1.165) is 19.5 Å². The number of nitrogens with zero attached hydrogens (tertiary/aromatic N) is 1. The Morgan fingerprint density at radius 3 is 2.46 bits per heavy atom. The normalized spacial score (nSPS) is 14.1. The van der Waals surface area contributed by atoms with E-state index >= 15 is 0 Å². The van der Waals surface area contributed by atoms with Crippen LogP contribution in [-0.2, 0) is 0 Å². The van der Waals surface area contributed by atoms with E-state index in [-0.39, 0.29) is 6.10 Å². The van der Waals surface area contributed by atoms with Crippen molar-refractivity contribution in [1.82, 2.24) is 10.2 Å². The number of hydrogen-bond donors (Lipinski definition) is 2. The molecule has 2 N–H and O–H groups in total. The summed E-state index contributed by atoms with van der Waals surface area (Å²) in [5.41, 5.74) is 0. The summed E-state index contributed by atoms with van der Waals surface area (Å²) in [6, 6.07) is 0.595. The SMILES string of the molecule is CCC(O)CNCCN(C)C(C)C. The van der Waals surface area contributed by atoms with E-state index in [9.17, 15) is 5.11 Å². The van der Waals surface area contributed by atoms with Crippen LogP contribution in [0.1, 0.15) is 27.2 Å². The molecule has 0 bridgehead atoms. The Morgan fingerprint density at radius 2 is 2.00 bits per heavy atom. The average Bonchev–Trinajstić information content (AvgIpc) is 2.11. The Bertz CT molecular complexity index is 117. The fourth-order valence-corrected chi connectivity index (χ4v) is 0.927. The van der Waals surface area contributed by atoms with E-state index in [4.69, 9.17) is 0 Å². The van der Waals surface area contributed by atoms with Crippen LogP contribution in [0.5, 0.6) is 0 Å². The maximum Gasteiger partial charge on any atom is 0.0662 e. The van der Waals surface area contributed by atoms with E-state index in [1.165, 1.54) is 0 Å². The molecule has 0 saturated heterocycles. The van der Waals surface area contributed by atoms with Gasteiger partial charge >= 0.3 is 0 Å². The van der Waals surface area contributed by atoms with Crippen LogP contribution in [0.4, 0.5) is 0 Å². The second-order valence-corrected chi connectivity index (χ2v) is 3.84.